The van der Waals surface area contributed by atoms with Crippen molar-refractivity contribution < 1.29 is 0 Å². The van der Waals surface area contributed by atoms with Gasteiger partial charge in [0.2, 0.25) is 0 Å². The minimum atomic E-state index is -0.493. The summed E-state index contributed by atoms with van der Waals surface area (Å²) >= 11 is 0. The summed E-state index contributed by atoms with van der Waals surface area (Å²) in [7, 11) is 0. The summed E-state index contributed by atoms with van der Waals surface area (Å²) < 4.78 is 0. The van der Waals surface area contributed by atoms with Crippen molar-refractivity contribution in [1.29, 1.82) is 5.26 Å². The van der Waals surface area contributed by atoms with Crippen molar-refractivity contribution in [2.45, 2.75) is 5.41 Å². The second-order valence-corrected chi connectivity index (χ2v) is 13.0. The smallest absolute Gasteiger partial charge is 0.0991 e. The maximum Gasteiger partial charge on any atom is 0.0991 e. The molecule has 0 fully saturated rings. The molecule has 8 aromatic rings. The molecule has 0 unspecified atom stereocenters. The fourth-order valence-electron chi connectivity index (χ4n) is 7.99. The summed E-state index contributed by atoms with van der Waals surface area (Å²) in [6.45, 7) is 0. The molecule has 7 aromatic carbocycles. The van der Waals surface area contributed by atoms with Crippen LogP contribution in [0.4, 0.5) is 0 Å². The quantitative estimate of drug-likeness (QED) is 0.180. The van der Waals surface area contributed by atoms with Crippen LogP contribution in [0.25, 0.3) is 55.8 Å². The van der Waals surface area contributed by atoms with Crippen molar-refractivity contribution in [3.8, 4) is 61.8 Å². The van der Waals surface area contributed by atoms with E-state index in [2.05, 4.69) is 163 Å². The largest absolute Gasteiger partial charge is 0.256 e. The molecule has 0 saturated heterocycles. The van der Waals surface area contributed by atoms with Gasteiger partial charge in [0.15, 0.2) is 0 Å². The molecule has 0 radical (unpaired) electrons. The first-order valence-corrected chi connectivity index (χ1v) is 17.3. The summed E-state index contributed by atoms with van der Waals surface area (Å²) in [6.07, 6.45) is 1.84. The Morgan fingerprint density at radius 1 is 0.392 bits per heavy atom. The lowest BCUT2D eigenvalue weighted by Gasteiger charge is -2.34. The first-order valence-electron chi connectivity index (χ1n) is 17.3. The summed E-state index contributed by atoms with van der Waals surface area (Å²) in [6, 6.07) is 69.3. The van der Waals surface area contributed by atoms with E-state index in [1.807, 2.05) is 42.6 Å². The second kappa shape index (κ2) is 12.6. The third-order valence-electron chi connectivity index (χ3n) is 10.3. The van der Waals surface area contributed by atoms with E-state index in [-0.39, 0.29) is 0 Å². The van der Waals surface area contributed by atoms with Crippen LogP contribution in [0.15, 0.2) is 194 Å². The van der Waals surface area contributed by atoms with Gasteiger partial charge in [-0.3, -0.25) is 4.98 Å². The molecule has 0 aliphatic heterocycles. The van der Waals surface area contributed by atoms with Crippen molar-refractivity contribution in [1.82, 2.24) is 4.98 Å². The van der Waals surface area contributed by atoms with E-state index in [4.69, 9.17) is 0 Å². The number of nitrogens with zero attached hydrogens (tertiary/aromatic N) is 2. The van der Waals surface area contributed by atoms with E-state index in [0.717, 1.165) is 33.5 Å². The molecule has 9 rings (SSSR count). The summed E-state index contributed by atoms with van der Waals surface area (Å²) in [5.41, 5.74) is 16.7. The predicted octanol–water partition coefficient (Wildman–Crippen LogP) is 12.0. The Hall–Kier alpha value is -6.82. The first-order chi connectivity index (χ1) is 25.3. The van der Waals surface area contributed by atoms with Gasteiger partial charge in [0, 0.05) is 11.8 Å². The van der Waals surface area contributed by atoms with Gasteiger partial charge in [-0.2, -0.15) is 5.26 Å². The number of pyridine rings is 1. The molecule has 0 bridgehead atoms. The van der Waals surface area contributed by atoms with E-state index < -0.39 is 5.41 Å². The van der Waals surface area contributed by atoms with Crippen LogP contribution in [-0.4, -0.2) is 4.98 Å². The molecule has 238 valence electrons. The van der Waals surface area contributed by atoms with Gasteiger partial charge in [0.05, 0.1) is 22.7 Å². The van der Waals surface area contributed by atoms with Crippen LogP contribution in [0.2, 0.25) is 0 Å². The fourth-order valence-corrected chi connectivity index (χ4v) is 7.99. The minimum absolute atomic E-state index is 0.493. The molecule has 0 saturated carbocycles. The van der Waals surface area contributed by atoms with Gasteiger partial charge in [-0.05, 0) is 91.0 Å². The van der Waals surface area contributed by atoms with Gasteiger partial charge in [0.1, 0.15) is 0 Å². The fraction of sp³-hybridized carbons (Fsp3) is 0.0204. The zero-order valence-electron chi connectivity index (χ0n) is 27.9. The van der Waals surface area contributed by atoms with E-state index in [1.54, 1.807) is 0 Å². The SMILES string of the molecule is N#Cc1ccc(-c2ccc(-c3c(-c4ccc(-c5ccccn5)cc4)ccc4c3-c3ccccc3C4(c3ccccc3)c3ccccc3)cc2)cc1. The second-order valence-electron chi connectivity index (χ2n) is 13.0. The molecular formula is C49H32N2. The molecule has 0 spiro atoms. The average molecular weight is 649 g/mol. The number of nitriles is 1. The van der Waals surface area contributed by atoms with Crippen LogP contribution in [-0.2, 0) is 5.41 Å². The zero-order valence-corrected chi connectivity index (χ0v) is 27.9. The molecule has 1 heterocycles. The van der Waals surface area contributed by atoms with Crippen molar-refractivity contribution in [3.63, 3.8) is 0 Å². The highest BCUT2D eigenvalue weighted by atomic mass is 14.7. The number of fused-ring (bicyclic) bond motifs is 3. The van der Waals surface area contributed by atoms with Crippen molar-refractivity contribution in [2.24, 2.45) is 0 Å². The topological polar surface area (TPSA) is 36.7 Å². The summed E-state index contributed by atoms with van der Waals surface area (Å²) in [5.74, 6) is 0. The number of hydrogen-bond donors (Lipinski definition) is 0. The third-order valence-corrected chi connectivity index (χ3v) is 10.3. The highest BCUT2D eigenvalue weighted by Crippen LogP contribution is 2.59. The van der Waals surface area contributed by atoms with E-state index in [1.165, 1.54) is 44.5 Å². The Morgan fingerprint density at radius 2 is 0.941 bits per heavy atom. The Labute approximate surface area is 298 Å². The van der Waals surface area contributed by atoms with Gasteiger partial charge >= 0.3 is 0 Å². The van der Waals surface area contributed by atoms with Gasteiger partial charge in [-0.25, -0.2) is 0 Å². The van der Waals surface area contributed by atoms with Crippen LogP contribution in [0, 0.1) is 11.3 Å². The normalized spacial score (nSPS) is 12.5. The van der Waals surface area contributed by atoms with Crippen molar-refractivity contribution in [3.05, 3.63) is 222 Å². The molecule has 2 nitrogen and oxygen atoms in total. The monoisotopic (exact) mass is 648 g/mol. The average Bonchev–Trinajstić information content (AvgIpc) is 3.53. The van der Waals surface area contributed by atoms with Gasteiger partial charge < -0.3 is 0 Å². The predicted molar refractivity (Wildman–Crippen MR) is 208 cm³/mol. The van der Waals surface area contributed by atoms with Crippen LogP contribution >= 0.6 is 0 Å². The summed E-state index contributed by atoms with van der Waals surface area (Å²) in [4.78, 5) is 4.59. The molecule has 1 aliphatic rings. The van der Waals surface area contributed by atoms with E-state index in [0.29, 0.717) is 5.56 Å². The molecule has 0 N–H and O–H groups in total. The number of rotatable bonds is 6. The summed E-state index contributed by atoms with van der Waals surface area (Å²) in [5, 5.41) is 9.33. The van der Waals surface area contributed by atoms with Crippen molar-refractivity contribution >= 4 is 0 Å². The Bertz CT molecular complexity index is 2490. The Kier molecular flexibility index (Phi) is 7.46. The maximum atomic E-state index is 9.33. The maximum absolute atomic E-state index is 9.33. The van der Waals surface area contributed by atoms with Crippen LogP contribution in [0.5, 0.6) is 0 Å². The standard InChI is InChI=1S/C49H32N2/c50-33-34-18-20-35(21-19-34)36-22-28-39(29-23-36)47-42(37-24-26-38(27-25-37)46-17-9-10-32-51-46)30-31-45-48(47)43-15-7-8-16-44(43)49(45,40-11-3-1-4-12-40)41-13-5-2-6-14-41/h1-32H. The van der Waals surface area contributed by atoms with Gasteiger partial charge in [-0.1, -0.05) is 164 Å². The first kappa shape index (κ1) is 30.3. The molecule has 1 aromatic heterocycles. The molecule has 0 atom stereocenters. The highest BCUT2D eigenvalue weighted by molar-refractivity contribution is 6.02. The lowest BCUT2D eigenvalue weighted by atomic mass is 9.67. The number of benzene rings is 7. The lowest BCUT2D eigenvalue weighted by molar-refractivity contribution is 0.768. The Morgan fingerprint density at radius 3 is 1.57 bits per heavy atom. The van der Waals surface area contributed by atoms with Crippen LogP contribution < -0.4 is 0 Å². The molecule has 0 amide bonds. The minimum Gasteiger partial charge on any atom is -0.256 e. The van der Waals surface area contributed by atoms with Crippen LogP contribution in [0.3, 0.4) is 0 Å². The number of aromatic nitrogens is 1. The van der Waals surface area contributed by atoms with Crippen LogP contribution in [0.1, 0.15) is 27.8 Å². The molecule has 51 heavy (non-hydrogen) atoms. The third kappa shape index (κ3) is 4.99. The van der Waals surface area contributed by atoms with Gasteiger partial charge in [0.25, 0.3) is 0 Å². The molecule has 1 aliphatic carbocycles. The zero-order chi connectivity index (χ0) is 34.2. The van der Waals surface area contributed by atoms with E-state index >= 15 is 0 Å². The Balaban J connectivity index is 1.31. The van der Waals surface area contributed by atoms with Crippen molar-refractivity contribution in [2.75, 3.05) is 0 Å². The van der Waals surface area contributed by atoms with Gasteiger partial charge in [-0.15, -0.1) is 0 Å². The lowest BCUT2D eigenvalue weighted by Crippen LogP contribution is -2.28. The molecular weight excluding hydrogens is 617 g/mol. The highest BCUT2D eigenvalue weighted by Gasteiger charge is 2.47. The molecule has 2 heteroatoms. The number of hydrogen-bond acceptors (Lipinski definition) is 2. The van der Waals surface area contributed by atoms with E-state index in [9.17, 15) is 5.26 Å².